The summed E-state index contributed by atoms with van der Waals surface area (Å²) in [5, 5.41) is 0.879. The summed E-state index contributed by atoms with van der Waals surface area (Å²) in [5.74, 6) is -0.763. The van der Waals surface area contributed by atoms with E-state index < -0.39 is 0 Å². The SMILES string of the molecule is O=C1C(=O)N(CC2(CBr)CCCCC2)c2ccc(Br)cc21. The number of amides is 1. The molecule has 1 amide bonds. The first kappa shape index (κ1) is 15.2. The lowest BCUT2D eigenvalue weighted by Gasteiger charge is -2.38. The van der Waals surface area contributed by atoms with Crippen molar-refractivity contribution < 1.29 is 9.59 Å². The van der Waals surface area contributed by atoms with Crippen LogP contribution in [0.2, 0.25) is 0 Å². The Kier molecular flexibility index (Phi) is 4.23. The van der Waals surface area contributed by atoms with Gasteiger partial charge >= 0.3 is 0 Å². The van der Waals surface area contributed by atoms with Crippen molar-refractivity contribution in [3.63, 3.8) is 0 Å². The van der Waals surface area contributed by atoms with E-state index in [1.54, 1.807) is 11.0 Å². The van der Waals surface area contributed by atoms with Gasteiger partial charge in [0.2, 0.25) is 0 Å². The Morgan fingerprint density at radius 3 is 2.52 bits per heavy atom. The van der Waals surface area contributed by atoms with E-state index in [0.717, 1.165) is 28.3 Å². The molecule has 5 heteroatoms. The molecule has 21 heavy (non-hydrogen) atoms. The van der Waals surface area contributed by atoms with Crippen molar-refractivity contribution in [1.29, 1.82) is 0 Å². The van der Waals surface area contributed by atoms with Crippen molar-refractivity contribution in [3.8, 4) is 0 Å². The highest BCUT2D eigenvalue weighted by Gasteiger charge is 2.41. The molecule has 1 heterocycles. The van der Waals surface area contributed by atoms with Gasteiger partial charge in [-0.2, -0.15) is 0 Å². The van der Waals surface area contributed by atoms with Crippen molar-refractivity contribution in [2.75, 3.05) is 16.8 Å². The van der Waals surface area contributed by atoms with E-state index in [1.807, 2.05) is 12.1 Å². The van der Waals surface area contributed by atoms with Crippen LogP contribution in [0.4, 0.5) is 5.69 Å². The molecule has 1 saturated carbocycles. The quantitative estimate of drug-likeness (QED) is 0.545. The van der Waals surface area contributed by atoms with Crippen LogP contribution in [0.5, 0.6) is 0 Å². The number of Topliss-reactive ketones (excluding diaryl/α,β-unsaturated/α-hetero) is 1. The maximum atomic E-state index is 12.4. The van der Waals surface area contributed by atoms with Crippen LogP contribution in [0.3, 0.4) is 0 Å². The Labute approximate surface area is 141 Å². The molecular formula is C16H17Br2NO2. The molecule has 1 aliphatic carbocycles. The minimum atomic E-state index is -0.383. The number of anilines is 1. The summed E-state index contributed by atoms with van der Waals surface area (Å²) < 4.78 is 0.831. The average molecular weight is 415 g/mol. The summed E-state index contributed by atoms with van der Waals surface area (Å²) >= 11 is 7.00. The number of rotatable bonds is 3. The fourth-order valence-corrected chi connectivity index (χ4v) is 4.50. The lowest BCUT2D eigenvalue weighted by Crippen LogP contribution is -2.43. The number of nitrogens with zero attached hydrogens (tertiary/aromatic N) is 1. The Balaban J connectivity index is 1.92. The van der Waals surface area contributed by atoms with Crippen LogP contribution in [-0.4, -0.2) is 23.6 Å². The van der Waals surface area contributed by atoms with Gasteiger partial charge in [0.15, 0.2) is 0 Å². The number of halogens is 2. The number of carbonyl (C=O) groups excluding carboxylic acids is 2. The van der Waals surface area contributed by atoms with Crippen molar-refractivity contribution >= 4 is 49.2 Å². The van der Waals surface area contributed by atoms with Crippen LogP contribution < -0.4 is 4.90 Å². The number of carbonyl (C=O) groups is 2. The van der Waals surface area contributed by atoms with Gasteiger partial charge in [-0.3, -0.25) is 9.59 Å². The lowest BCUT2D eigenvalue weighted by atomic mass is 9.75. The molecule has 0 N–H and O–H groups in total. The monoisotopic (exact) mass is 413 g/mol. The van der Waals surface area contributed by atoms with Crippen LogP contribution in [0.25, 0.3) is 0 Å². The number of alkyl halides is 1. The second-order valence-corrected chi connectivity index (χ2v) is 7.55. The normalized spacial score (nSPS) is 20.8. The molecule has 1 aromatic rings. The zero-order chi connectivity index (χ0) is 15.0. The Bertz CT molecular complexity index is 594. The van der Waals surface area contributed by atoms with Crippen molar-refractivity contribution in [3.05, 3.63) is 28.2 Å². The third-order valence-corrected chi connectivity index (χ3v) is 6.31. The third-order valence-electron chi connectivity index (χ3n) is 4.62. The minimum absolute atomic E-state index is 0.100. The fourth-order valence-electron chi connectivity index (χ4n) is 3.40. The van der Waals surface area contributed by atoms with Gasteiger partial charge in [-0.15, -0.1) is 0 Å². The number of ketones is 1. The van der Waals surface area contributed by atoms with Crippen molar-refractivity contribution in [2.24, 2.45) is 5.41 Å². The van der Waals surface area contributed by atoms with Gasteiger partial charge in [0.05, 0.1) is 11.3 Å². The lowest BCUT2D eigenvalue weighted by molar-refractivity contribution is -0.114. The minimum Gasteiger partial charge on any atom is -0.304 e. The topological polar surface area (TPSA) is 37.4 Å². The summed E-state index contributed by atoms with van der Waals surface area (Å²) in [4.78, 5) is 26.2. The maximum Gasteiger partial charge on any atom is 0.299 e. The molecule has 0 aromatic heterocycles. The zero-order valence-electron chi connectivity index (χ0n) is 11.7. The molecule has 0 radical (unpaired) electrons. The van der Waals surface area contributed by atoms with E-state index in [9.17, 15) is 9.59 Å². The highest BCUT2D eigenvalue weighted by Crippen LogP contribution is 2.41. The predicted octanol–water partition coefficient (Wildman–Crippen LogP) is 4.32. The van der Waals surface area contributed by atoms with Gasteiger partial charge in [-0.25, -0.2) is 0 Å². The molecule has 1 aromatic carbocycles. The number of hydrogen-bond donors (Lipinski definition) is 0. The van der Waals surface area contributed by atoms with Crippen LogP contribution in [0, 0.1) is 5.41 Å². The molecule has 0 atom stereocenters. The largest absolute Gasteiger partial charge is 0.304 e. The molecule has 1 aliphatic heterocycles. The number of hydrogen-bond acceptors (Lipinski definition) is 2. The van der Waals surface area contributed by atoms with E-state index in [4.69, 9.17) is 0 Å². The van der Waals surface area contributed by atoms with Gasteiger partial charge < -0.3 is 4.90 Å². The first-order valence-corrected chi connectivity index (χ1v) is 9.19. The van der Waals surface area contributed by atoms with Gasteiger partial charge in [-0.05, 0) is 36.5 Å². The maximum absolute atomic E-state index is 12.4. The second-order valence-electron chi connectivity index (χ2n) is 6.08. The molecule has 3 rings (SSSR count). The molecule has 3 nitrogen and oxygen atoms in total. The first-order valence-electron chi connectivity index (χ1n) is 7.28. The summed E-state index contributed by atoms with van der Waals surface area (Å²) in [6.45, 7) is 0.636. The molecule has 0 saturated heterocycles. The second kappa shape index (κ2) is 5.84. The van der Waals surface area contributed by atoms with E-state index in [1.165, 1.54) is 19.3 Å². The molecule has 0 unspecified atom stereocenters. The standard InChI is InChI=1S/C16H17Br2NO2/c17-9-16(6-2-1-3-7-16)10-19-13-5-4-11(18)8-12(13)14(20)15(19)21/h4-5,8H,1-3,6-7,9-10H2. The van der Waals surface area contributed by atoms with Crippen LogP contribution >= 0.6 is 31.9 Å². The molecule has 112 valence electrons. The van der Waals surface area contributed by atoms with Gasteiger partial charge in [0.25, 0.3) is 11.7 Å². The van der Waals surface area contributed by atoms with E-state index in [0.29, 0.717) is 12.1 Å². The summed E-state index contributed by atoms with van der Waals surface area (Å²) in [5.41, 5.74) is 1.39. The van der Waals surface area contributed by atoms with Gasteiger partial charge in [0.1, 0.15) is 0 Å². The van der Waals surface area contributed by atoms with Crippen molar-refractivity contribution in [2.45, 2.75) is 32.1 Å². The third kappa shape index (κ3) is 2.70. The van der Waals surface area contributed by atoms with E-state index in [-0.39, 0.29) is 17.1 Å². The average Bonchev–Trinajstić information content (AvgIpc) is 2.73. The Morgan fingerprint density at radius 1 is 1.14 bits per heavy atom. The van der Waals surface area contributed by atoms with Crippen LogP contribution in [0.1, 0.15) is 42.5 Å². The highest BCUT2D eigenvalue weighted by atomic mass is 79.9. The highest BCUT2D eigenvalue weighted by molar-refractivity contribution is 9.10. The smallest absolute Gasteiger partial charge is 0.299 e. The molecule has 0 spiro atoms. The molecule has 2 aliphatic rings. The summed E-state index contributed by atoms with van der Waals surface area (Å²) in [7, 11) is 0. The van der Waals surface area contributed by atoms with Crippen LogP contribution in [0.15, 0.2) is 22.7 Å². The Morgan fingerprint density at radius 2 is 1.86 bits per heavy atom. The fraction of sp³-hybridized carbons (Fsp3) is 0.500. The van der Waals surface area contributed by atoms with Gasteiger partial charge in [-0.1, -0.05) is 51.1 Å². The first-order chi connectivity index (χ1) is 10.1. The number of benzene rings is 1. The molecule has 0 bridgehead atoms. The summed E-state index contributed by atoms with van der Waals surface area (Å²) in [6, 6.07) is 5.50. The van der Waals surface area contributed by atoms with Crippen LogP contribution in [-0.2, 0) is 4.79 Å². The van der Waals surface area contributed by atoms with E-state index in [2.05, 4.69) is 31.9 Å². The molecule has 1 fully saturated rings. The number of fused-ring (bicyclic) bond motifs is 1. The zero-order valence-corrected chi connectivity index (χ0v) is 14.9. The van der Waals surface area contributed by atoms with E-state index >= 15 is 0 Å². The Hall–Kier alpha value is -0.680. The predicted molar refractivity (Wildman–Crippen MR) is 90.1 cm³/mol. The summed E-state index contributed by atoms with van der Waals surface area (Å²) in [6.07, 6.45) is 5.90. The van der Waals surface area contributed by atoms with Crippen molar-refractivity contribution in [1.82, 2.24) is 0 Å². The molecular weight excluding hydrogens is 398 g/mol. The van der Waals surface area contributed by atoms with Gasteiger partial charge in [0, 0.05) is 16.3 Å².